The summed E-state index contributed by atoms with van der Waals surface area (Å²) in [6.45, 7) is 12.3. The third-order valence-electron chi connectivity index (χ3n) is 5.38. The van der Waals surface area contributed by atoms with E-state index in [0.717, 1.165) is 62.8 Å². The summed E-state index contributed by atoms with van der Waals surface area (Å²) < 4.78 is 5.62. The number of hydrogen-bond donors (Lipinski definition) is 1. The Morgan fingerprint density at radius 3 is 2.81 bits per heavy atom. The van der Waals surface area contributed by atoms with Gasteiger partial charge in [0, 0.05) is 56.7 Å². The summed E-state index contributed by atoms with van der Waals surface area (Å²) in [5.41, 5.74) is 1.11. The number of halogens is 1. The van der Waals surface area contributed by atoms with E-state index in [1.165, 1.54) is 0 Å². The highest BCUT2D eigenvalue weighted by Crippen LogP contribution is 2.23. The van der Waals surface area contributed by atoms with Crippen molar-refractivity contribution in [3.8, 4) is 0 Å². The summed E-state index contributed by atoms with van der Waals surface area (Å²) >= 11 is 1.68. The van der Waals surface area contributed by atoms with Crippen LogP contribution in [0.4, 0.5) is 0 Å². The SMILES string of the molecule is CCOC(C)c1nc(CN2CCN(C(=O)[C@H]3CCN[C@@H](C)C3)CC2)cs1.Cl. The molecule has 1 aromatic rings. The van der Waals surface area contributed by atoms with E-state index in [1.54, 1.807) is 11.3 Å². The molecule has 1 aromatic heterocycles. The molecule has 0 aromatic carbocycles. The van der Waals surface area contributed by atoms with E-state index in [-0.39, 0.29) is 24.4 Å². The molecule has 154 valence electrons. The van der Waals surface area contributed by atoms with Crippen molar-refractivity contribution < 1.29 is 9.53 Å². The molecule has 0 bridgehead atoms. The fourth-order valence-electron chi connectivity index (χ4n) is 3.87. The van der Waals surface area contributed by atoms with Gasteiger partial charge in [-0.25, -0.2) is 4.98 Å². The Morgan fingerprint density at radius 1 is 1.41 bits per heavy atom. The Morgan fingerprint density at radius 2 is 2.15 bits per heavy atom. The molecule has 2 fully saturated rings. The van der Waals surface area contributed by atoms with Crippen LogP contribution < -0.4 is 5.32 Å². The van der Waals surface area contributed by atoms with E-state index >= 15 is 0 Å². The van der Waals surface area contributed by atoms with Gasteiger partial charge in [0.15, 0.2) is 0 Å². The largest absolute Gasteiger partial charge is 0.372 e. The minimum absolute atomic E-state index is 0. The van der Waals surface area contributed by atoms with Crippen molar-refractivity contribution in [3.05, 3.63) is 16.1 Å². The molecular weight excluding hydrogens is 384 g/mol. The lowest BCUT2D eigenvalue weighted by Crippen LogP contribution is -2.51. The third kappa shape index (κ3) is 6.12. The molecule has 2 aliphatic rings. The van der Waals surface area contributed by atoms with Crippen molar-refractivity contribution in [2.24, 2.45) is 5.92 Å². The van der Waals surface area contributed by atoms with Crippen LogP contribution in [0.5, 0.6) is 0 Å². The number of hydrogen-bond acceptors (Lipinski definition) is 6. The molecule has 2 aliphatic heterocycles. The fourth-order valence-corrected chi connectivity index (χ4v) is 4.69. The highest BCUT2D eigenvalue weighted by atomic mass is 35.5. The Bertz CT molecular complexity index is 592. The van der Waals surface area contributed by atoms with Gasteiger partial charge in [0.2, 0.25) is 5.91 Å². The van der Waals surface area contributed by atoms with E-state index in [9.17, 15) is 4.79 Å². The zero-order valence-corrected chi connectivity index (χ0v) is 18.3. The van der Waals surface area contributed by atoms with Gasteiger partial charge >= 0.3 is 0 Å². The smallest absolute Gasteiger partial charge is 0.225 e. The van der Waals surface area contributed by atoms with E-state index in [4.69, 9.17) is 9.72 Å². The van der Waals surface area contributed by atoms with Crippen LogP contribution in [0.15, 0.2) is 5.38 Å². The average molecular weight is 417 g/mol. The van der Waals surface area contributed by atoms with Crippen molar-refractivity contribution in [2.45, 2.75) is 52.3 Å². The molecule has 3 rings (SSSR count). The van der Waals surface area contributed by atoms with Crippen LogP contribution >= 0.6 is 23.7 Å². The first-order valence-corrected chi connectivity index (χ1v) is 10.7. The molecule has 8 heteroatoms. The second-order valence-corrected chi connectivity index (χ2v) is 8.34. The van der Waals surface area contributed by atoms with Gasteiger partial charge in [-0.3, -0.25) is 9.69 Å². The lowest BCUT2D eigenvalue weighted by atomic mass is 9.92. The van der Waals surface area contributed by atoms with Crippen molar-refractivity contribution >= 4 is 29.7 Å². The highest BCUT2D eigenvalue weighted by Gasteiger charge is 2.30. The second kappa shape index (κ2) is 10.7. The number of carbonyl (C=O) groups is 1. The molecule has 6 nitrogen and oxygen atoms in total. The number of nitrogens with one attached hydrogen (secondary N) is 1. The molecule has 1 unspecified atom stereocenters. The predicted octanol–water partition coefficient (Wildman–Crippen LogP) is 2.69. The molecule has 1 N–H and O–H groups in total. The van der Waals surface area contributed by atoms with Crippen LogP contribution in [-0.4, -0.2) is 66.1 Å². The van der Waals surface area contributed by atoms with E-state index in [0.29, 0.717) is 18.6 Å². The van der Waals surface area contributed by atoms with Gasteiger partial charge in [0.1, 0.15) is 11.1 Å². The van der Waals surface area contributed by atoms with Gasteiger partial charge in [-0.1, -0.05) is 0 Å². The minimum atomic E-state index is 0. The topological polar surface area (TPSA) is 57.7 Å². The van der Waals surface area contributed by atoms with E-state index in [2.05, 4.69) is 34.3 Å². The monoisotopic (exact) mass is 416 g/mol. The number of aromatic nitrogens is 1. The summed E-state index contributed by atoms with van der Waals surface area (Å²) in [5.74, 6) is 0.568. The summed E-state index contributed by atoms with van der Waals surface area (Å²) in [6.07, 6.45) is 2.02. The molecule has 0 saturated carbocycles. The lowest BCUT2D eigenvalue weighted by Gasteiger charge is -2.37. The van der Waals surface area contributed by atoms with Crippen molar-refractivity contribution in [2.75, 3.05) is 39.3 Å². The molecule has 27 heavy (non-hydrogen) atoms. The Kier molecular flexibility index (Phi) is 8.95. The maximum absolute atomic E-state index is 12.8. The molecule has 3 heterocycles. The molecule has 0 radical (unpaired) electrons. The predicted molar refractivity (Wildman–Crippen MR) is 111 cm³/mol. The highest BCUT2D eigenvalue weighted by molar-refractivity contribution is 7.09. The lowest BCUT2D eigenvalue weighted by molar-refractivity contribution is -0.138. The fraction of sp³-hybridized carbons (Fsp3) is 0.789. The number of amides is 1. The summed E-state index contributed by atoms with van der Waals surface area (Å²) in [4.78, 5) is 22.0. The Labute approximate surface area is 173 Å². The number of thiazole rings is 1. The second-order valence-electron chi connectivity index (χ2n) is 7.45. The molecular formula is C19H33ClN4O2S. The van der Waals surface area contributed by atoms with Crippen LogP contribution in [0.1, 0.15) is 50.4 Å². The number of piperidine rings is 1. The third-order valence-corrected chi connectivity index (χ3v) is 6.43. The zero-order valence-electron chi connectivity index (χ0n) is 16.6. The summed E-state index contributed by atoms with van der Waals surface area (Å²) in [6, 6.07) is 0.455. The zero-order chi connectivity index (χ0) is 18.5. The molecule has 1 amide bonds. The van der Waals surface area contributed by atoms with Gasteiger partial charge < -0.3 is 15.0 Å². The molecule has 3 atom stereocenters. The number of ether oxygens (including phenoxy) is 1. The normalized spacial score (nSPS) is 25.1. The Balaban J connectivity index is 0.00000261. The maximum Gasteiger partial charge on any atom is 0.225 e. The van der Waals surface area contributed by atoms with Gasteiger partial charge in [-0.2, -0.15) is 0 Å². The van der Waals surface area contributed by atoms with E-state index < -0.39 is 0 Å². The molecule has 2 saturated heterocycles. The van der Waals surface area contributed by atoms with Gasteiger partial charge in [0.05, 0.1) is 5.69 Å². The van der Waals surface area contributed by atoms with Crippen LogP contribution in [0.2, 0.25) is 0 Å². The van der Waals surface area contributed by atoms with Gasteiger partial charge in [-0.05, 0) is 40.2 Å². The first-order chi connectivity index (χ1) is 12.6. The van der Waals surface area contributed by atoms with Crippen molar-refractivity contribution in [3.63, 3.8) is 0 Å². The van der Waals surface area contributed by atoms with Crippen molar-refractivity contribution in [1.29, 1.82) is 0 Å². The average Bonchev–Trinajstić information content (AvgIpc) is 3.11. The quantitative estimate of drug-likeness (QED) is 0.772. The molecule has 0 aliphatic carbocycles. The number of piperazine rings is 1. The maximum atomic E-state index is 12.8. The number of carbonyl (C=O) groups excluding carboxylic acids is 1. The first kappa shape index (κ1) is 22.6. The van der Waals surface area contributed by atoms with Gasteiger partial charge in [0.25, 0.3) is 0 Å². The first-order valence-electron chi connectivity index (χ1n) is 9.87. The number of rotatable bonds is 6. The Hall–Kier alpha value is -0.730. The summed E-state index contributed by atoms with van der Waals surface area (Å²) in [5, 5.41) is 6.62. The van der Waals surface area contributed by atoms with Crippen LogP contribution in [0, 0.1) is 5.92 Å². The summed E-state index contributed by atoms with van der Waals surface area (Å²) in [7, 11) is 0. The molecule has 0 spiro atoms. The minimum Gasteiger partial charge on any atom is -0.372 e. The standard InChI is InChI=1S/C19H32N4O2S.ClH/c1-4-25-15(3)18-21-17(13-26-18)12-22-7-9-23(10-8-22)19(24)16-5-6-20-14(2)11-16;/h13-16,20H,4-12H2,1-3H3;1H/t14-,15?,16-;/m0./s1. The van der Waals surface area contributed by atoms with E-state index in [1.807, 2.05) is 6.92 Å². The van der Waals surface area contributed by atoms with Gasteiger partial charge in [-0.15, -0.1) is 23.7 Å². The number of nitrogens with zero attached hydrogens (tertiary/aromatic N) is 3. The van der Waals surface area contributed by atoms with Crippen molar-refractivity contribution in [1.82, 2.24) is 20.1 Å². The van der Waals surface area contributed by atoms with Crippen LogP contribution in [0.25, 0.3) is 0 Å². The van der Waals surface area contributed by atoms with Crippen LogP contribution in [-0.2, 0) is 16.1 Å². The van der Waals surface area contributed by atoms with Crippen LogP contribution in [0.3, 0.4) is 0 Å².